The van der Waals surface area contributed by atoms with E-state index in [1.165, 1.54) is 0 Å². The molecule has 1 nitrogen and oxygen atoms in total. The lowest BCUT2D eigenvalue weighted by atomic mass is 9.42. The van der Waals surface area contributed by atoms with Gasteiger partial charge in [-0.1, -0.05) is 6.08 Å². The molecule has 74 valence electrons. The van der Waals surface area contributed by atoms with Gasteiger partial charge in [-0.15, -0.1) is 6.58 Å². The second-order valence-electron chi connectivity index (χ2n) is 4.79. The Balaban J connectivity index is 1.53. The molecule has 0 spiro atoms. The molecule has 3 aliphatic rings. The molecule has 2 bridgehead atoms. The molecule has 0 saturated heterocycles. The van der Waals surface area contributed by atoms with Gasteiger partial charge in [0.25, 0.3) is 0 Å². The second kappa shape index (κ2) is 3.09. The highest BCUT2D eigenvalue weighted by Gasteiger charge is 2.68. The summed E-state index contributed by atoms with van der Waals surface area (Å²) in [4.78, 5) is 0. The Morgan fingerprint density at radius 1 is 1.38 bits per heavy atom. The van der Waals surface area contributed by atoms with E-state index in [1.54, 1.807) is 0 Å². The Labute approximate surface area is 79.4 Å². The van der Waals surface area contributed by atoms with Crippen molar-refractivity contribution in [2.75, 3.05) is 13.1 Å². The molecule has 13 heavy (non-hydrogen) atoms. The molecule has 3 aliphatic carbocycles. The van der Waals surface area contributed by atoms with E-state index in [0.29, 0.717) is 5.41 Å². The molecule has 2 heteroatoms. The fraction of sp³-hybridized carbons (Fsp3) is 0.818. The highest BCUT2D eigenvalue weighted by molar-refractivity contribution is 5.19. The number of allylic oxidation sites excluding steroid dienone is 1. The summed E-state index contributed by atoms with van der Waals surface area (Å²) in [6.07, 6.45) is 6.62. The molecule has 0 aromatic heterocycles. The molecule has 0 aromatic carbocycles. The summed E-state index contributed by atoms with van der Waals surface area (Å²) in [5.74, 6) is 0. The molecule has 0 amide bonds. The lowest BCUT2D eigenvalue weighted by molar-refractivity contribution is -0.209. The molecular formula is C11H18FN. The Kier molecular flexibility index (Phi) is 2.18. The van der Waals surface area contributed by atoms with Gasteiger partial charge >= 0.3 is 0 Å². The Hall–Kier alpha value is -0.370. The van der Waals surface area contributed by atoms with Crippen molar-refractivity contribution in [1.29, 1.82) is 0 Å². The van der Waals surface area contributed by atoms with E-state index in [-0.39, 0.29) is 0 Å². The maximum Gasteiger partial charge on any atom is 0.112 e. The Morgan fingerprint density at radius 3 is 2.62 bits per heavy atom. The van der Waals surface area contributed by atoms with Crippen LogP contribution in [0.2, 0.25) is 0 Å². The first kappa shape index (κ1) is 9.20. The van der Waals surface area contributed by atoms with Crippen LogP contribution in [0.5, 0.6) is 0 Å². The normalized spacial score (nSPS) is 40.7. The Bertz CT molecular complexity index is 192. The van der Waals surface area contributed by atoms with Crippen LogP contribution in [-0.2, 0) is 0 Å². The van der Waals surface area contributed by atoms with Crippen molar-refractivity contribution in [2.24, 2.45) is 5.41 Å². The van der Waals surface area contributed by atoms with Gasteiger partial charge in [0.05, 0.1) is 0 Å². The number of unbranched alkanes of at least 4 members (excludes halogenated alkanes) is 1. The van der Waals surface area contributed by atoms with Crippen molar-refractivity contribution >= 4 is 0 Å². The van der Waals surface area contributed by atoms with E-state index in [2.05, 4.69) is 11.9 Å². The van der Waals surface area contributed by atoms with E-state index < -0.39 is 5.67 Å². The van der Waals surface area contributed by atoms with Crippen molar-refractivity contribution in [3.8, 4) is 0 Å². The van der Waals surface area contributed by atoms with Gasteiger partial charge in [-0.3, -0.25) is 0 Å². The maximum atomic E-state index is 13.1. The molecule has 1 N–H and O–H groups in total. The summed E-state index contributed by atoms with van der Waals surface area (Å²) in [7, 11) is 0. The van der Waals surface area contributed by atoms with E-state index in [1.807, 2.05) is 6.08 Å². The van der Waals surface area contributed by atoms with Gasteiger partial charge in [-0.2, -0.15) is 0 Å². The predicted molar refractivity (Wildman–Crippen MR) is 52.4 cm³/mol. The van der Waals surface area contributed by atoms with Crippen molar-refractivity contribution in [3.63, 3.8) is 0 Å². The minimum absolute atomic E-state index is 0.364. The van der Waals surface area contributed by atoms with Gasteiger partial charge < -0.3 is 5.32 Å². The van der Waals surface area contributed by atoms with E-state index in [4.69, 9.17) is 0 Å². The zero-order chi connectivity index (χ0) is 9.36. The summed E-state index contributed by atoms with van der Waals surface area (Å²) in [6, 6.07) is 0. The zero-order valence-electron chi connectivity index (χ0n) is 8.11. The third-order valence-electron chi connectivity index (χ3n) is 3.34. The topological polar surface area (TPSA) is 12.0 Å². The molecule has 0 aromatic rings. The number of nitrogens with one attached hydrogen (secondary N) is 1. The molecule has 3 fully saturated rings. The summed E-state index contributed by atoms with van der Waals surface area (Å²) in [6.45, 7) is 5.75. The lowest BCUT2D eigenvalue weighted by Gasteiger charge is -2.66. The summed E-state index contributed by atoms with van der Waals surface area (Å²) in [5, 5.41) is 3.40. The number of halogens is 1. The van der Waals surface area contributed by atoms with Crippen LogP contribution in [-0.4, -0.2) is 18.8 Å². The van der Waals surface area contributed by atoms with Crippen LogP contribution in [0.1, 0.15) is 32.1 Å². The quantitative estimate of drug-likeness (QED) is 0.492. The third kappa shape index (κ3) is 1.64. The van der Waals surface area contributed by atoms with Crippen LogP contribution in [0.3, 0.4) is 0 Å². The van der Waals surface area contributed by atoms with Crippen LogP contribution >= 0.6 is 0 Å². The number of rotatable bonds is 6. The second-order valence-corrected chi connectivity index (χ2v) is 4.79. The number of hydrogen-bond acceptors (Lipinski definition) is 1. The van der Waals surface area contributed by atoms with E-state index >= 15 is 0 Å². The predicted octanol–water partition coefficient (Wildman–Crippen LogP) is 2.43. The van der Waals surface area contributed by atoms with Crippen LogP contribution in [0.15, 0.2) is 12.7 Å². The highest BCUT2D eigenvalue weighted by Crippen LogP contribution is 2.69. The molecule has 3 rings (SSSR count). The van der Waals surface area contributed by atoms with Crippen LogP contribution in [0, 0.1) is 5.41 Å². The first-order valence-corrected chi connectivity index (χ1v) is 5.19. The Morgan fingerprint density at radius 2 is 2.08 bits per heavy atom. The molecule has 0 atom stereocenters. The minimum Gasteiger partial charge on any atom is -0.316 e. The summed E-state index contributed by atoms with van der Waals surface area (Å²) < 4.78 is 13.1. The summed E-state index contributed by atoms with van der Waals surface area (Å²) in [5.41, 5.74) is -0.369. The zero-order valence-corrected chi connectivity index (χ0v) is 8.11. The van der Waals surface area contributed by atoms with Gasteiger partial charge in [0.15, 0.2) is 0 Å². The van der Waals surface area contributed by atoms with Gasteiger partial charge in [0.1, 0.15) is 5.67 Å². The van der Waals surface area contributed by atoms with Gasteiger partial charge in [0, 0.05) is 6.54 Å². The van der Waals surface area contributed by atoms with Crippen LogP contribution < -0.4 is 5.32 Å². The minimum atomic E-state index is -0.733. The van der Waals surface area contributed by atoms with Gasteiger partial charge in [0.2, 0.25) is 0 Å². The van der Waals surface area contributed by atoms with Crippen molar-refractivity contribution in [3.05, 3.63) is 12.7 Å². The van der Waals surface area contributed by atoms with Gasteiger partial charge in [-0.05, 0) is 44.1 Å². The van der Waals surface area contributed by atoms with Gasteiger partial charge in [-0.25, -0.2) is 4.39 Å². The lowest BCUT2D eigenvalue weighted by Crippen LogP contribution is -2.67. The fourth-order valence-corrected chi connectivity index (χ4v) is 2.77. The summed E-state index contributed by atoms with van der Waals surface area (Å²) >= 11 is 0. The molecule has 0 radical (unpaired) electrons. The first-order valence-electron chi connectivity index (χ1n) is 5.19. The van der Waals surface area contributed by atoms with Crippen molar-refractivity contribution < 1.29 is 4.39 Å². The monoisotopic (exact) mass is 183 g/mol. The largest absolute Gasteiger partial charge is 0.316 e. The average Bonchev–Trinajstić information content (AvgIpc) is 1.98. The molecule has 0 aliphatic heterocycles. The van der Waals surface area contributed by atoms with E-state index in [0.717, 1.165) is 45.2 Å². The highest BCUT2D eigenvalue weighted by atomic mass is 19.1. The smallest absolute Gasteiger partial charge is 0.112 e. The molecule has 0 unspecified atom stereocenters. The van der Waals surface area contributed by atoms with Crippen molar-refractivity contribution in [2.45, 2.75) is 37.8 Å². The number of alkyl halides is 1. The third-order valence-corrected chi connectivity index (χ3v) is 3.34. The molecular weight excluding hydrogens is 165 g/mol. The average molecular weight is 183 g/mol. The first-order chi connectivity index (χ1) is 6.18. The maximum absolute atomic E-state index is 13.1. The standard InChI is InChI=1S/C11H18FN/c1-2-3-4-5-13-9-10-6-11(12,7-10)8-10/h2,13H,1,3-9H2. The SMILES string of the molecule is C=CCCCNCC12CC(F)(C1)C2. The van der Waals surface area contributed by atoms with Crippen LogP contribution in [0.4, 0.5) is 4.39 Å². The van der Waals surface area contributed by atoms with Crippen molar-refractivity contribution in [1.82, 2.24) is 5.32 Å². The number of hydrogen-bond donors (Lipinski definition) is 1. The van der Waals surface area contributed by atoms with E-state index in [9.17, 15) is 4.39 Å². The molecule has 3 saturated carbocycles. The van der Waals surface area contributed by atoms with Crippen LogP contribution in [0.25, 0.3) is 0 Å². The molecule has 0 heterocycles. The fourth-order valence-electron chi connectivity index (χ4n) is 2.77.